The number of rotatable bonds is 6. The molecule has 43 heavy (non-hydrogen) atoms. The summed E-state index contributed by atoms with van der Waals surface area (Å²) in [5.74, 6) is 0.209. The van der Waals surface area contributed by atoms with Gasteiger partial charge in [-0.05, 0) is 70.3 Å². The summed E-state index contributed by atoms with van der Waals surface area (Å²) < 4.78 is 6.49. The molecule has 7 atom stereocenters. The first-order valence-electron chi connectivity index (χ1n) is 16.0. The average Bonchev–Trinajstić information content (AvgIpc) is 3.41. The summed E-state index contributed by atoms with van der Waals surface area (Å²) in [5, 5.41) is 16.9. The molecule has 1 aromatic rings. The molecule has 1 aliphatic carbocycles. The Bertz CT molecular complexity index is 1280. The fourth-order valence-electron chi connectivity index (χ4n) is 8.50. The van der Waals surface area contributed by atoms with Gasteiger partial charge in [0.1, 0.15) is 0 Å². The second-order valence-electron chi connectivity index (χ2n) is 13.5. The zero-order chi connectivity index (χ0) is 30.3. The van der Waals surface area contributed by atoms with E-state index in [4.69, 9.17) is 4.74 Å². The molecule has 3 saturated heterocycles. The van der Waals surface area contributed by atoms with Gasteiger partial charge in [0.15, 0.2) is 12.1 Å². The van der Waals surface area contributed by atoms with Crippen molar-refractivity contribution < 1.29 is 14.3 Å². The molecule has 1 saturated carbocycles. The van der Waals surface area contributed by atoms with Crippen molar-refractivity contribution in [2.24, 2.45) is 11.3 Å². The summed E-state index contributed by atoms with van der Waals surface area (Å²) in [6.45, 7) is 9.93. The van der Waals surface area contributed by atoms with Crippen LogP contribution in [0.15, 0.2) is 30.9 Å². The lowest BCUT2D eigenvalue weighted by Gasteiger charge is -2.56. The van der Waals surface area contributed by atoms with Crippen LogP contribution in [0.2, 0.25) is 0 Å². The number of fused-ring (bicyclic) bond motifs is 2. The number of nitrogens with one attached hydrogen (secondary N) is 2. The van der Waals surface area contributed by atoms with Crippen LogP contribution in [0.1, 0.15) is 43.2 Å². The lowest BCUT2D eigenvalue weighted by atomic mass is 9.61. The van der Waals surface area contributed by atoms with Crippen LogP contribution < -0.4 is 15.5 Å². The van der Waals surface area contributed by atoms with Crippen molar-refractivity contribution in [1.29, 1.82) is 5.26 Å². The highest BCUT2D eigenvalue weighted by molar-refractivity contribution is 5.93. The van der Waals surface area contributed by atoms with Crippen LogP contribution in [0.3, 0.4) is 0 Å². The second kappa shape index (κ2) is 12.3. The molecule has 4 aliphatic heterocycles. The van der Waals surface area contributed by atoms with Gasteiger partial charge >= 0.3 is 0 Å². The van der Waals surface area contributed by atoms with E-state index in [2.05, 4.69) is 77.2 Å². The van der Waals surface area contributed by atoms with Crippen LogP contribution in [0, 0.1) is 29.6 Å². The number of amides is 1. The fraction of sp³-hybridized carbons (Fsp3) is 0.667. The molecule has 2 N–H and O–H groups in total. The van der Waals surface area contributed by atoms with E-state index in [1.807, 2.05) is 0 Å². The number of hydrogen-bond donors (Lipinski definition) is 2. The fourth-order valence-corrected chi connectivity index (χ4v) is 8.50. The van der Waals surface area contributed by atoms with Crippen molar-refractivity contribution >= 4 is 17.4 Å². The molecule has 6 unspecified atom stereocenters. The normalized spacial score (nSPS) is 35.0. The predicted octanol–water partition coefficient (Wildman–Crippen LogP) is 1.85. The van der Waals surface area contributed by atoms with E-state index in [0.717, 1.165) is 38.8 Å². The number of nitriles is 1. The van der Waals surface area contributed by atoms with Crippen LogP contribution in [0.25, 0.3) is 0 Å². The van der Waals surface area contributed by atoms with Crippen LogP contribution in [-0.2, 0) is 20.7 Å². The molecule has 4 heterocycles. The average molecular weight is 590 g/mol. The first kappa shape index (κ1) is 30.2. The van der Waals surface area contributed by atoms with E-state index in [1.54, 1.807) is 4.90 Å². The van der Waals surface area contributed by atoms with Gasteiger partial charge in [-0.25, -0.2) is 0 Å². The lowest BCUT2D eigenvalue weighted by molar-refractivity contribution is -0.152. The third kappa shape index (κ3) is 5.74. The number of ether oxygens (including phenoxy) is 1. The minimum absolute atomic E-state index is 0.0562. The molecule has 6 rings (SSSR count). The van der Waals surface area contributed by atoms with Crippen molar-refractivity contribution in [2.75, 3.05) is 58.3 Å². The number of ketones is 1. The minimum atomic E-state index is -0.461. The number of piperazine rings is 1. The minimum Gasteiger partial charge on any atom is -0.373 e. The number of carbonyl (C=O) groups is 2. The Kier molecular flexibility index (Phi) is 8.64. The Hall–Kier alpha value is -2.81. The van der Waals surface area contributed by atoms with Crippen molar-refractivity contribution in [1.82, 2.24) is 25.3 Å². The largest absolute Gasteiger partial charge is 0.373 e. The number of likely N-dealkylation sites (N-methyl/N-ethyl adjacent to an activating group) is 1. The molecule has 4 fully saturated rings. The number of anilines is 1. The van der Waals surface area contributed by atoms with Gasteiger partial charge in [-0.3, -0.25) is 25.1 Å². The number of likely N-dealkylation sites (tertiary alicyclic amines) is 1. The van der Waals surface area contributed by atoms with Gasteiger partial charge in [0.25, 0.3) is 0 Å². The molecule has 10 heteroatoms. The van der Waals surface area contributed by atoms with E-state index in [-0.39, 0.29) is 42.3 Å². The van der Waals surface area contributed by atoms with Gasteiger partial charge in [-0.2, -0.15) is 5.26 Å². The number of nitrogens with zero attached hydrogens (tertiary/aromatic N) is 5. The number of carbonyl (C=O) groups excluding carboxylic acids is 2. The third-order valence-corrected chi connectivity index (χ3v) is 10.8. The highest BCUT2D eigenvalue weighted by Crippen LogP contribution is 2.47. The van der Waals surface area contributed by atoms with E-state index in [9.17, 15) is 14.9 Å². The maximum Gasteiger partial charge on any atom is 0.246 e. The van der Waals surface area contributed by atoms with Crippen molar-refractivity contribution in [3.63, 3.8) is 0 Å². The molecule has 1 spiro atoms. The third-order valence-electron chi connectivity index (χ3n) is 10.8. The topological polar surface area (TPSA) is 104 Å². The van der Waals surface area contributed by atoms with Gasteiger partial charge in [-0.1, -0.05) is 24.3 Å². The zero-order valence-electron chi connectivity index (χ0n) is 25.9. The Balaban J connectivity index is 1.26. The Morgan fingerprint density at radius 1 is 1.21 bits per heavy atom. The van der Waals surface area contributed by atoms with Crippen LogP contribution >= 0.6 is 0 Å². The molecule has 1 aromatic carbocycles. The summed E-state index contributed by atoms with van der Waals surface area (Å²) in [6, 6.07) is 8.67. The second-order valence-corrected chi connectivity index (χ2v) is 13.5. The lowest BCUT2D eigenvalue weighted by Crippen LogP contribution is -2.75. The van der Waals surface area contributed by atoms with Gasteiger partial charge in [-0.15, -0.1) is 0 Å². The molecular formula is C33H47N7O3. The van der Waals surface area contributed by atoms with Gasteiger partial charge in [0, 0.05) is 50.9 Å². The monoisotopic (exact) mass is 589 g/mol. The van der Waals surface area contributed by atoms with Gasteiger partial charge < -0.3 is 19.4 Å². The number of Topliss-reactive ketones (excluding diaryl/α,β-unsaturated/α-hetero) is 1. The standard InChI is InChI=1S/C33H47N7O3/c1-5-28(41)40-16-15-39(19-24(40)11-13-34)31-26-10-12-33(18-23-17-22(2)8-9-27(23)38(4)21-33)30(42)29(26)35-32(36-31)43-20-25-7-6-14-37(25)3/h5,8-9,17,24-26,29,31-32,35-36H,1,6-7,10-12,14-16,18-21H2,2-4H3/t24?,25?,26?,29?,31?,32?,33-/m0/s1. The van der Waals surface area contributed by atoms with Crippen LogP contribution in [0.5, 0.6) is 0 Å². The van der Waals surface area contributed by atoms with Crippen molar-refractivity contribution in [3.8, 4) is 6.07 Å². The van der Waals surface area contributed by atoms with E-state index in [0.29, 0.717) is 32.3 Å². The molecule has 0 radical (unpaired) electrons. The quantitative estimate of drug-likeness (QED) is 0.481. The summed E-state index contributed by atoms with van der Waals surface area (Å²) >= 11 is 0. The Labute approximate surface area is 256 Å². The van der Waals surface area contributed by atoms with Gasteiger partial charge in [0.2, 0.25) is 5.91 Å². The predicted molar refractivity (Wildman–Crippen MR) is 165 cm³/mol. The highest BCUT2D eigenvalue weighted by Gasteiger charge is 2.56. The molecular weight excluding hydrogens is 542 g/mol. The summed E-state index contributed by atoms with van der Waals surface area (Å²) in [4.78, 5) is 36.0. The molecule has 10 nitrogen and oxygen atoms in total. The Morgan fingerprint density at radius 3 is 2.79 bits per heavy atom. The van der Waals surface area contributed by atoms with Crippen molar-refractivity contribution in [3.05, 3.63) is 42.0 Å². The number of benzene rings is 1. The summed E-state index contributed by atoms with van der Waals surface area (Å²) in [7, 11) is 4.25. The summed E-state index contributed by atoms with van der Waals surface area (Å²) in [5.41, 5.74) is 3.25. The SMILES string of the molecule is C=CC(=O)N1CCN(C2NC(OCC3CCCN3C)NC3C(=O)[C@@]4(CCC32)Cc2cc(C)ccc2N(C)C4)CC1CC#N. The first-order chi connectivity index (χ1) is 20.7. The zero-order valence-corrected chi connectivity index (χ0v) is 25.9. The van der Waals surface area contributed by atoms with E-state index >= 15 is 0 Å². The molecule has 1 amide bonds. The maximum absolute atomic E-state index is 14.7. The van der Waals surface area contributed by atoms with E-state index < -0.39 is 11.8 Å². The van der Waals surface area contributed by atoms with Crippen molar-refractivity contribution in [2.45, 2.75) is 76.1 Å². The maximum atomic E-state index is 14.7. The van der Waals surface area contributed by atoms with Crippen LogP contribution in [-0.4, -0.2) is 110 Å². The number of hydrogen-bond acceptors (Lipinski definition) is 9. The number of aryl methyl sites for hydroxylation is 1. The highest BCUT2D eigenvalue weighted by atomic mass is 16.5. The summed E-state index contributed by atoms with van der Waals surface area (Å²) in [6.07, 6.45) is 5.82. The molecule has 0 bridgehead atoms. The Morgan fingerprint density at radius 2 is 2.05 bits per heavy atom. The van der Waals surface area contributed by atoms with Crippen LogP contribution in [0.4, 0.5) is 5.69 Å². The molecule has 5 aliphatic rings. The van der Waals surface area contributed by atoms with Gasteiger partial charge in [0.05, 0.1) is 42.8 Å². The smallest absolute Gasteiger partial charge is 0.246 e. The molecule has 0 aromatic heterocycles. The first-order valence-corrected chi connectivity index (χ1v) is 16.0. The molecule has 232 valence electrons. The van der Waals surface area contributed by atoms with E-state index in [1.165, 1.54) is 29.3 Å².